The molecule has 0 radical (unpaired) electrons. The van der Waals surface area contributed by atoms with Gasteiger partial charge in [-0.3, -0.25) is 9.78 Å². The van der Waals surface area contributed by atoms with E-state index < -0.39 is 0 Å². The molecule has 1 N–H and O–H groups in total. The van der Waals surface area contributed by atoms with E-state index in [4.69, 9.17) is 4.74 Å². The fourth-order valence-corrected chi connectivity index (χ4v) is 2.26. The minimum absolute atomic E-state index is 0.0894. The average Bonchev–Trinajstić information content (AvgIpc) is 2.60. The van der Waals surface area contributed by atoms with Crippen LogP contribution in [-0.4, -0.2) is 21.9 Å². The summed E-state index contributed by atoms with van der Waals surface area (Å²) in [5.41, 5.74) is 2.46. The van der Waals surface area contributed by atoms with Crippen molar-refractivity contribution in [3.8, 4) is 5.88 Å². The molecule has 0 fully saturated rings. The fourth-order valence-electron chi connectivity index (χ4n) is 2.26. The van der Waals surface area contributed by atoms with E-state index in [9.17, 15) is 4.79 Å². The zero-order valence-electron chi connectivity index (χ0n) is 14.7. The highest BCUT2D eigenvalue weighted by atomic mass is 16.5. The van der Waals surface area contributed by atoms with Crippen LogP contribution in [0.1, 0.15) is 48.7 Å². The van der Waals surface area contributed by atoms with Gasteiger partial charge in [0, 0.05) is 30.7 Å². The molecule has 1 amide bonds. The number of ether oxygens (including phenoxy) is 1. The second kappa shape index (κ2) is 8.43. The summed E-state index contributed by atoms with van der Waals surface area (Å²) in [5.74, 6) is 0.856. The van der Waals surface area contributed by atoms with Crippen molar-refractivity contribution in [2.24, 2.45) is 5.92 Å². The normalized spacial score (nSPS) is 13.2. The van der Waals surface area contributed by atoms with E-state index in [1.807, 2.05) is 26.0 Å². The summed E-state index contributed by atoms with van der Waals surface area (Å²) in [6, 6.07) is 5.71. The lowest BCUT2D eigenvalue weighted by Crippen LogP contribution is -2.37. The Balaban J connectivity index is 2.00. The van der Waals surface area contributed by atoms with Crippen LogP contribution in [0.25, 0.3) is 0 Å². The van der Waals surface area contributed by atoms with Gasteiger partial charge in [-0.2, -0.15) is 0 Å². The number of pyridine rings is 2. The monoisotopic (exact) mass is 327 g/mol. The van der Waals surface area contributed by atoms with Crippen LogP contribution in [0.15, 0.2) is 36.8 Å². The predicted molar refractivity (Wildman–Crippen MR) is 93.9 cm³/mol. The van der Waals surface area contributed by atoms with Crippen LogP contribution in [0, 0.1) is 12.8 Å². The first-order valence-corrected chi connectivity index (χ1v) is 8.30. The maximum absolute atomic E-state index is 12.4. The van der Waals surface area contributed by atoms with Gasteiger partial charge in [0.05, 0.1) is 5.56 Å². The lowest BCUT2D eigenvalue weighted by Gasteiger charge is -2.20. The quantitative estimate of drug-likeness (QED) is 0.845. The molecule has 2 atom stereocenters. The van der Waals surface area contributed by atoms with E-state index in [1.54, 1.807) is 24.7 Å². The molecule has 0 aliphatic rings. The summed E-state index contributed by atoms with van der Waals surface area (Å²) in [6.45, 7) is 8.59. The second-order valence-electron chi connectivity index (χ2n) is 6.13. The first-order valence-electron chi connectivity index (χ1n) is 8.30. The Bertz CT molecular complexity index is 674. The van der Waals surface area contributed by atoms with Crippen LogP contribution < -0.4 is 10.1 Å². The minimum atomic E-state index is -0.0894. The molecule has 2 aromatic heterocycles. The molecule has 128 valence electrons. The zero-order valence-corrected chi connectivity index (χ0v) is 14.7. The van der Waals surface area contributed by atoms with Crippen molar-refractivity contribution in [3.63, 3.8) is 0 Å². The molecule has 0 aliphatic heterocycles. The Morgan fingerprint density at radius 2 is 2.00 bits per heavy atom. The van der Waals surface area contributed by atoms with Gasteiger partial charge in [0.2, 0.25) is 5.88 Å². The number of amides is 1. The molecule has 0 saturated carbocycles. The lowest BCUT2D eigenvalue weighted by atomic mass is 10.0. The molecular formula is C19H25N3O2. The summed E-state index contributed by atoms with van der Waals surface area (Å²) in [4.78, 5) is 20.6. The van der Waals surface area contributed by atoms with Crippen molar-refractivity contribution >= 4 is 5.91 Å². The van der Waals surface area contributed by atoms with Crippen LogP contribution in [0.5, 0.6) is 5.88 Å². The van der Waals surface area contributed by atoms with Gasteiger partial charge in [-0.05, 0) is 43.0 Å². The van der Waals surface area contributed by atoms with E-state index in [0.29, 0.717) is 24.0 Å². The molecule has 2 rings (SSSR count). The minimum Gasteiger partial charge on any atom is -0.473 e. The topological polar surface area (TPSA) is 64.1 Å². The molecule has 5 nitrogen and oxygen atoms in total. The van der Waals surface area contributed by atoms with Gasteiger partial charge in [0.1, 0.15) is 6.61 Å². The number of nitrogens with zero attached hydrogens (tertiary/aromatic N) is 2. The van der Waals surface area contributed by atoms with E-state index in [1.165, 1.54) is 0 Å². The van der Waals surface area contributed by atoms with Crippen molar-refractivity contribution in [2.45, 2.75) is 46.8 Å². The second-order valence-corrected chi connectivity index (χ2v) is 6.13. The lowest BCUT2D eigenvalue weighted by molar-refractivity contribution is 0.0927. The highest BCUT2D eigenvalue weighted by Crippen LogP contribution is 2.16. The molecule has 24 heavy (non-hydrogen) atoms. The SMILES string of the molecule is CCC(C)C(C)NC(=O)c1cnc(OCc2ccncc2)cc1C. The largest absolute Gasteiger partial charge is 0.473 e. The molecule has 5 heteroatoms. The van der Waals surface area contributed by atoms with Crippen LogP contribution in [0.4, 0.5) is 0 Å². The Morgan fingerprint density at radius 1 is 1.29 bits per heavy atom. The molecule has 0 aromatic carbocycles. The summed E-state index contributed by atoms with van der Waals surface area (Å²) in [6.07, 6.45) is 6.06. The number of hydrogen-bond acceptors (Lipinski definition) is 4. The van der Waals surface area contributed by atoms with Gasteiger partial charge < -0.3 is 10.1 Å². The average molecular weight is 327 g/mol. The third-order valence-corrected chi connectivity index (χ3v) is 4.32. The first kappa shape index (κ1) is 17.9. The van der Waals surface area contributed by atoms with E-state index in [0.717, 1.165) is 17.5 Å². The number of nitrogens with one attached hydrogen (secondary N) is 1. The van der Waals surface area contributed by atoms with Crippen LogP contribution >= 0.6 is 0 Å². The molecule has 2 aromatic rings. The van der Waals surface area contributed by atoms with E-state index in [2.05, 4.69) is 29.1 Å². The number of carbonyl (C=O) groups excluding carboxylic acids is 1. The number of rotatable bonds is 7. The summed E-state index contributed by atoms with van der Waals surface area (Å²) >= 11 is 0. The molecule has 0 aliphatic carbocycles. The van der Waals surface area contributed by atoms with Crippen molar-refractivity contribution < 1.29 is 9.53 Å². The van der Waals surface area contributed by atoms with Crippen molar-refractivity contribution in [3.05, 3.63) is 53.5 Å². The smallest absolute Gasteiger partial charge is 0.253 e. The Morgan fingerprint density at radius 3 is 2.62 bits per heavy atom. The van der Waals surface area contributed by atoms with Gasteiger partial charge in [-0.15, -0.1) is 0 Å². The fraction of sp³-hybridized carbons (Fsp3) is 0.421. The molecule has 2 heterocycles. The van der Waals surface area contributed by atoms with Crippen LogP contribution in [-0.2, 0) is 6.61 Å². The molecule has 0 saturated heterocycles. The molecular weight excluding hydrogens is 302 g/mol. The Hall–Kier alpha value is -2.43. The molecule has 0 spiro atoms. The highest BCUT2D eigenvalue weighted by Gasteiger charge is 2.16. The Kier molecular flexibility index (Phi) is 6.29. The van der Waals surface area contributed by atoms with Gasteiger partial charge in [0.25, 0.3) is 5.91 Å². The van der Waals surface area contributed by atoms with Crippen molar-refractivity contribution in [1.82, 2.24) is 15.3 Å². The highest BCUT2D eigenvalue weighted by molar-refractivity contribution is 5.95. The number of aromatic nitrogens is 2. The predicted octanol–water partition coefficient (Wildman–Crippen LogP) is 3.53. The molecule has 2 unspecified atom stereocenters. The third kappa shape index (κ3) is 4.78. The summed E-state index contributed by atoms with van der Waals surface area (Å²) < 4.78 is 5.67. The van der Waals surface area contributed by atoms with Crippen molar-refractivity contribution in [2.75, 3.05) is 0 Å². The molecule has 0 bridgehead atoms. The third-order valence-electron chi connectivity index (χ3n) is 4.32. The Labute approximate surface area is 143 Å². The van der Waals surface area contributed by atoms with Gasteiger partial charge >= 0.3 is 0 Å². The van der Waals surface area contributed by atoms with E-state index in [-0.39, 0.29) is 11.9 Å². The maximum atomic E-state index is 12.4. The number of aryl methyl sites for hydroxylation is 1. The van der Waals surface area contributed by atoms with Gasteiger partial charge in [-0.1, -0.05) is 20.3 Å². The number of hydrogen-bond donors (Lipinski definition) is 1. The van der Waals surface area contributed by atoms with Gasteiger partial charge in [0.15, 0.2) is 0 Å². The first-order chi connectivity index (χ1) is 11.5. The van der Waals surface area contributed by atoms with Gasteiger partial charge in [-0.25, -0.2) is 4.98 Å². The summed E-state index contributed by atoms with van der Waals surface area (Å²) in [7, 11) is 0. The summed E-state index contributed by atoms with van der Waals surface area (Å²) in [5, 5.41) is 3.04. The maximum Gasteiger partial charge on any atom is 0.253 e. The van der Waals surface area contributed by atoms with Crippen molar-refractivity contribution in [1.29, 1.82) is 0 Å². The van der Waals surface area contributed by atoms with E-state index >= 15 is 0 Å². The number of carbonyl (C=O) groups is 1. The van der Waals surface area contributed by atoms with Crippen LogP contribution in [0.2, 0.25) is 0 Å². The zero-order chi connectivity index (χ0) is 17.5. The van der Waals surface area contributed by atoms with Crippen LogP contribution in [0.3, 0.4) is 0 Å². The standard InChI is InChI=1S/C19H25N3O2/c1-5-13(2)15(4)22-19(23)17-11-21-18(10-14(17)3)24-12-16-6-8-20-9-7-16/h6-11,13,15H,5,12H2,1-4H3,(H,22,23).